The minimum atomic E-state index is -6.82. The third kappa shape index (κ3) is 1.95. The zero-order valence-corrected chi connectivity index (χ0v) is 7.69. The quantitative estimate of drug-likeness (QED) is 0.675. The van der Waals surface area contributed by atoms with E-state index in [4.69, 9.17) is 0 Å². The lowest BCUT2D eigenvalue weighted by atomic mass is 9.94. The number of hydrogen-bond donors (Lipinski definition) is 0. The minimum Gasteiger partial charge on any atom is -0.199 e. The summed E-state index contributed by atoms with van der Waals surface area (Å²) in [7, 11) is 0. The molecule has 0 N–H and O–H groups in total. The highest BCUT2D eigenvalue weighted by Gasteiger charge is 2.82. The molecule has 0 aliphatic rings. The third-order valence-corrected chi connectivity index (χ3v) is 1.79. The molecule has 0 aromatic heterocycles. The normalized spacial score (nSPS) is 15.8. The molecule has 1 atom stereocenters. The van der Waals surface area contributed by atoms with Crippen molar-refractivity contribution in [1.29, 1.82) is 0 Å². The summed E-state index contributed by atoms with van der Waals surface area (Å²) in [6.07, 6.45) is -6.77. The topological polar surface area (TPSA) is 0 Å². The van der Waals surface area contributed by atoms with E-state index >= 15 is 0 Å². The van der Waals surface area contributed by atoms with Crippen LogP contribution in [0.1, 0.15) is 6.92 Å². The largest absolute Gasteiger partial charge is 0.460 e. The summed E-state index contributed by atoms with van der Waals surface area (Å²) < 4.78 is 109. The molecular formula is C7H6F9. The van der Waals surface area contributed by atoms with Gasteiger partial charge in [0.1, 0.15) is 0 Å². The first kappa shape index (κ1) is 15.4. The van der Waals surface area contributed by atoms with Gasteiger partial charge in [0.05, 0.1) is 0 Å². The third-order valence-electron chi connectivity index (χ3n) is 1.79. The molecule has 0 aromatic rings. The van der Waals surface area contributed by atoms with Crippen molar-refractivity contribution in [2.45, 2.75) is 30.9 Å². The van der Waals surface area contributed by atoms with Crippen LogP contribution in [0.3, 0.4) is 0 Å². The molecule has 0 saturated heterocycles. The van der Waals surface area contributed by atoms with Crippen molar-refractivity contribution in [3.05, 3.63) is 6.92 Å². The van der Waals surface area contributed by atoms with Crippen molar-refractivity contribution >= 4 is 0 Å². The van der Waals surface area contributed by atoms with Gasteiger partial charge in [-0.25, -0.2) is 0 Å². The van der Waals surface area contributed by atoms with Crippen molar-refractivity contribution in [2.24, 2.45) is 5.92 Å². The van der Waals surface area contributed by atoms with Crippen LogP contribution in [0.25, 0.3) is 0 Å². The standard InChI is InChI=1S/C7H6F9/c1-3(2)4(8,9)5(10,11)6(12,13)7(14,15)16/h3H,1H2,2H3. The highest BCUT2D eigenvalue weighted by atomic mass is 19.4. The van der Waals surface area contributed by atoms with E-state index in [1.165, 1.54) is 0 Å². The van der Waals surface area contributed by atoms with Crippen molar-refractivity contribution in [3.63, 3.8) is 0 Å². The van der Waals surface area contributed by atoms with Crippen LogP contribution in [-0.2, 0) is 0 Å². The van der Waals surface area contributed by atoms with Gasteiger partial charge >= 0.3 is 23.9 Å². The van der Waals surface area contributed by atoms with Crippen molar-refractivity contribution in [1.82, 2.24) is 0 Å². The number of hydrogen-bond acceptors (Lipinski definition) is 0. The van der Waals surface area contributed by atoms with E-state index in [2.05, 4.69) is 6.92 Å². The summed E-state index contributed by atoms with van der Waals surface area (Å²) in [5.74, 6) is -21.6. The smallest absolute Gasteiger partial charge is 0.199 e. The molecule has 9 heteroatoms. The van der Waals surface area contributed by atoms with Crippen molar-refractivity contribution in [3.8, 4) is 0 Å². The molecule has 0 aliphatic carbocycles. The molecule has 0 heterocycles. The van der Waals surface area contributed by atoms with Crippen LogP contribution in [0.4, 0.5) is 39.5 Å². The molecule has 0 bridgehead atoms. The number of halogens is 9. The fourth-order valence-corrected chi connectivity index (χ4v) is 0.697. The van der Waals surface area contributed by atoms with Crippen LogP contribution in [-0.4, -0.2) is 23.9 Å². The lowest BCUT2D eigenvalue weighted by Crippen LogP contribution is -2.62. The van der Waals surface area contributed by atoms with E-state index in [1.54, 1.807) is 0 Å². The summed E-state index contributed by atoms with van der Waals surface area (Å²) in [6.45, 7) is 2.65. The summed E-state index contributed by atoms with van der Waals surface area (Å²) >= 11 is 0. The molecule has 0 nitrogen and oxygen atoms in total. The maximum Gasteiger partial charge on any atom is 0.460 e. The lowest BCUT2D eigenvalue weighted by molar-refractivity contribution is -0.400. The average Bonchev–Trinajstić information content (AvgIpc) is 2.00. The Balaban J connectivity index is 5.53. The van der Waals surface area contributed by atoms with Crippen LogP contribution in [0.2, 0.25) is 0 Å². The predicted octanol–water partition coefficient (Wildman–Crippen LogP) is 3.92. The molecule has 0 aromatic carbocycles. The van der Waals surface area contributed by atoms with Crippen LogP contribution >= 0.6 is 0 Å². The van der Waals surface area contributed by atoms with Gasteiger partial charge in [0, 0.05) is 5.92 Å². The zero-order chi connectivity index (χ0) is 13.6. The second-order valence-corrected chi connectivity index (χ2v) is 3.17. The molecule has 1 radical (unpaired) electrons. The van der Waals surface area contributed by atoms with Gasteiger partial charge in [-0.1, -0.05) is 6.92 Å². The predicted molar refractivity (Wildman–Crippen MR) is 35.4 cm³/mol. The zero-order valence-electron chi connectivity index (χ0n) is 7.69. The van der Waals surface area contributed by atoms with Gasteiger partial charge in [-0.2, -0.15) is 39.5 Å². The average molecular weight is 261 g/mol. The molecular weight excluding hydrogens is 255 g/mol. The Bertz CT molecular complexity index is 249. The van der Waals surface area contributed by atoms with E-state index < -0.39 is 29.9 Å². The Labute approximate surface area is 84.4 Å². The van der Waals surface area contributed by atoms with E-state index in [9.17, 15) is 39.5 Å². The van der Waals surface area contributed by atoms with Gasteiger partial charge < -0.3 is 0 Å². The van der Waals surface area contributed by atoms with Gasteiger partial charge in [0.15, 0.2) is 0 Å². The first-order chi connectivity index (χ1) is 6.69. The number of alkyl halides is 9. The van der Waals surface area contributed by atoms with Crippen molar-refractivity contribution in [2.75, 3.05) is 0 Å². The first-order valence-electron chi connectivity index (χ1n) is 3.73. The van der Waals surface area contributed by atoms with Crippen molar-refractivity contribution < 1.29 is 39.5 Å². The summed E-state index contributed by atoms with van der Waals surface area (Å²) in [6, 6.07) is 0. The first-order valence-corrected chi connectivity index (χ1v) is 3.73. The van der Waals surface area contributed by atoms with E-state index in [0.717, 1.165) is 0 Å². The molecule has 97 valence electrons. The molecule has 16 heavy (non-hydrogen) atoms. The maximum absolute atomic E-state index is 12.6. The minimum absolute atomic E-state index is 0.306. The monoisotopic (exact) mass is 261 g/mol. The van der Waals surface area contributed by atoms with Gasteiger partial charge in [-0.3, -0.25) is 0 Å². The van der Waals surface area contributed by atoms with Crippen LogP contribution in [0.5, 0.6) is 0 Å². The lowest BCUT2D eigenvalue weighted by Gasteiger charge is -2.35. The summed E-state index contributed by atoms with van der Waals surface area (Å²) in [5, 5.41) is 0. The van der Waals surface area contributed by atoms with Gasteiger partial charge in [0.25, 0.3) is 0 Å². The Morgan fingerprint density at radius 2 is 1.06 bits per heavy atom. The van der Waals surface area contributed by atoms with Gasteiger partial charge in [0.2, 0.25) is 0 Å². The van der Waals surface area contributed by atoms with Gasteiger partial charge in [-0.05, 0) is 6.92 Å². The maximum atomic E-state index is 12.6. The second kappa shape index (κ2) is 3.69. The Kier molecular flexibility index (Phi) is 3.55. The highest BCUT2D eigenvalue weighted by molar-refractivity contribution is 5.02. The highest BCUT2D eigenvalue weighted by Crippen LogP contribution is 2.54. The summed E-state index contributed by atoms with van der Waals surface area (Å²) in [4.78, 5) is 0. The van der Waals surface area contributed by atoms with E-state index in [0.29, 0.717) is 6.92 Å². The molecule has 0 amide bonds. The van der Waals surface area contributed by atoms with Crippen LogP contribution in [0.15, 0.2) is 0 Å². The second-order valence-electron chi connectivity index (χ2n) is 3.17. The van der Waals surface area contributed by atoms with E-state index in [1.807, 2.05) is 0 Å². The molecule has 1 unspecified atom stereocenters. The SMILES string of the molecule is [CH2]C(C)C(F)(F)C(F)(F)C(F)(F)C(F)(F)F. The fraction of sp³-hybridized carbons (Fsp3) is 0.857. The Morgan fingerprint density at radius 1 is 0.750 bits per heavy atom. The summed E-state index contributed by atoms with van der Waals surface area (Å²) in [5.41, 5.74) is 0. The fourth-order valence-electron chi connectivity index (χ4n) is 0.697. The van der Waals surface area contributed by atoms with Gasteiger partial charge in [-0.15, -0.1) is 0 Å². The van der Waals surface area contributed by atoms with Crippen LogP contribution in [0, 0.1) is 12.8 Å². The molecule has 0 aliphatic heterocycles. The Morgan fingerprint density at radius 3 is 1.25 bits per heavy atom. The van der Waals surface area contributed by atoms with Crippen LogP contribution < -0.4 is 0 Å². The molecule has 0 fully saturated rings. The number of rotatable bonds is 3. The van der Waals surface area contributed by atoms with E-state index in [-0.39, 0.29) is 0 Å². The molecule has 0 saturated carbocycles. The Hall–Kier alpha value is -0.630. The molecule has 0 rings (SSSR count). The molecule has 0 spiro atoms.